The first-order chi connectivity index (χ1) is 14.0. The van der Waals surface area contributed by atoms with Crippen LogP contribution in [-0.4, -0.2) is 24.9 Å². The number of esters is 1. The molecule has 0 saturated heterocycles. The summed E-state index contributed by atoms with van der Waals surface area (Å²) in [5.74, 6) is -0.779. The van der Waals surface area contributed by atoms with Crippen molar-refractivity contribution < 1.29 is 19.1 Å². The van der Waals surface area contributed by atoms with Crippen LogP contribution < -0.4 is 10.6 Å². The molecule has 2 amide bonds. The van der Waals surface area contributed by atoms with Crippen LogP contribution in [0.3, 0.4) is 0 Å². The van der Waals surface area contributed by atoms with E-state index in [1.54, 1.807) is 36.4 Å². The average molecular weight is 408 g/mol. The van der Waals surface area contributed by atoms with Crippen LogP contribution >= 0.6 is 11.3 Å². The lowest BCUT2D eigenvalue weighted by Gasteiger charge is -2.09. The van der Waals surface area contributed by atoms with Gasteiger partial charge in [-0.1, -0.05) is 24.3 Å². The maximum atomic E-state index is 12.6. The van der Waals surface area contributed by atoms with Gasteiger partial charge >= 0.3 is 5.97 Å². The first-order valence-electron chi connectivity index (χ1n) is 8.97. The number of hydrogen-bond acceptors (Lipinski definition) is 5. The van der Waals surface area contributed by atoms with Crippen molar-refractivity contribution >= 4 is 40.5 Å². The van der Waals surface area contributed by atoms with Gasteiger partial charge in [-0.25, -0.2) is 0 Å². The smallest absolute Gasteiger partial charge is 0.305 e. The molecule has 2 N–H and O–H groups in total. The largest absolute Gasteiger partial charge is 0.469 e. The second-order valence-corrected chi connectivity index (χ2v) is 7.19. The molecular weight excluding hydrogens is 388 g/mol. The van der Waals surface area contributed by atoms with Gasteiger partial charge in [-0.2, -0.15) is 0 Å². The lowest BCUT2D eigenvalue weighted by molar-refractivity contribution is -0.140. The van der Waals surface area contributed by atoms with E-state index < -0.39 is 0 Å². The van der Waals surface area contributed by atoms with Gasteiger partial charge in [0.05, 0.1) is 12.0 Å². The average Bonchev–Trinajstić information content (AvgIpc) is 3.27. The number of anilines is 2. The third kappa shape index (κ3) is 5.76. The highest BCUT2D eigenvalue weighted by Gasteiger charge is 2.11. The standard InChI is InChI=1S/C22H20N2O4S/c1-28-20(25)11-10-15-5-2-7-17(13-15)23-21(26)16-6-3-8-18(14-16)24-22(27)19-9-4-12-29-19/h2-9,12-14H,10-11H2,1H3,(H,23,26)(H,24,27). The third-order valence-electron chi connectivity index (χ3n) is 4.16. The van der Waals surface area contributed by atoms with E-state index in [-0.39, 0.29) is 24.2 Å². The van der Waals surface area contributed by atoms with Crippen LogP contribution in [0.1, 0.15) is 32.0 Å². The van der Waals surface area contributed by atoms with E-state index >= 15 is 0 Å². The van der Waals surface area contributed by atoms with Gasteiger partial charge in [0.2, 0.25) is 0 Å². The number of nitrogens with one attached hydrogen (secondary N) is 2. The molecule has 29 heavy (non-hydrogen) atoms. The molecule has 0 aliphatic carbocycles. The molecule has 0 spiro atoms. The molecule has 0 aliphatic heterocycles. The lowest BCUT2D eigenvalue weighted by atomic mass is 10.1. The first-order valence-corrected chi connectivity index (χ1v) is 9.85. The molecule has 0 bridgehead atoms. The summed E-state index contributed by atoms with van der Waals surface area (Å²) in [6.45, 7) is 0. The summed E-state index contributed by atoms with van der Waals surface area (Å²) in [6.07, 6.45) is 0.806. The van der Waals surface area contributed by atoms with E-state index in [2.05, 4.69) is 15.4 Å². The van der Waals surface area contributed by atoms with Gasteiger partial charge in [0, 0.05) is 23.4 Å². The van der Waals surface area contributed by atoms with E-state index in [0.717, 1.165) is 5.56 Å². The molecule has 148 valence electrons. The number of amides is 2. The molecule has 1 heterocycles. The van der Waals surface area contributed by atoms with Crippen molar-refractivity contribution in [3.63, 3.8) is 0 Å². The molecule has 0 unspecified atom stereocenters. The molecule has 0 aliphatic rings. The van der Waals surface area contributed by atoms with Crippen LogP contribution in [0.15, 0.2) is 66.0 Å². The minimum Gasteiger partial charge on any atom is -0.469 e. The highest BCUT2D eigenvalue weighted by Crippen LogP contribution is 2.17. The summed E-state index contributed by atoms with van der Waals surface area (Å²) in [5, 5.41) is 7.47. The second-order valence-electron chi connectivity index (χ2n) is 6.24. The van der Waals surface area contributed by atoms with Crippen LogP contribution in [0.4, 0.5) is 11.4 Å². The molecule has 0 saturated carbocycles. The van der Waals surface area contributed by atoms with Gasteiger partial charge in [-0.05, 0) is 53.8 Å². The van der Waals surface area contributed by atoms with E-state index in [4.69, 9.17) is 0 Å². The zero-order valence-electron chi connectivity index (χ0n) is 15.8. The Labute approximate surface area is 172 Å². The molecule has 0 radical (unpaired) electrons. The fourth-order valence-corrected chi connectivity index (χ4v) is 3.31. The summed E-state index contributed by atoms with van der Waals surface area (Å²) in [4.78, 5) is 36.7. The van der Waals surface area contributed by atoms with Gasteiger partial charge < -0.3 is 15.4 Å². The Morgan fingerprint density at radius 3 is 2.34 bits per heavy atom. The minimum absolute atomic E-state index is 0.212. The van der Waals surface area contributed by atoms with Gasteiger partial charge in [-0.3, -0.25) is 14.4 Å². The Balaban J connectivity index is 1.65. The summed E-state index contributed by atoms with van der Waals surface area (Å²) >= 11 is 1.35. The Morgan fingerprint density at radius 2 is 1.62 bits per heavy atom. The zero-order valence-corrected chi connectivity index (χ0v) is 16.6. The number of hydrogen-bond donors (Lipinski definition) is 2. The number of thiophene rings is 1. The van der Waals surface area contributed by atoms with E-state index in [1.807, 2.05) is 29.6 Å². The highest BCUT2D eigenvalue weighted by atomic mass is 32.1. The number of rotatable bonds is 7. The van der Waals surface area contributed by atoms with Crippen LogP contribution in [0.25, 0.3) is 0 Å². The van der Waals surface area contributed by atoms with E-state index in [1.165, 1.54) is 18.4 Å². The van der Waals surface area contributed by atoms with Crippen LogP contribution in [0, 0.1) is 0 Å². The van der Waals surface area contributed by atoms with Gasteiger partial charge in [-0.15, -0.1) is 11.3 Å². The number of ether oxygens (including phenoxy) is 1. The normalized spacial score (nSPS) is 10.2. The molecule has 0 atom stereocenters. The monoisotopic (exact) mass is 408 g/mol. The number of aryl methyl sites for hydroxylation is 1. The number of methoxy groups -OCH3 is 1. The van der Waals surface area contributed by atoms with Crippen LogP contribution in [0.2, 0.25) is 0 Å². The molecule has 3 aromatic rings. The molecule has 2 aromatic carbocycles. The van der Waals surface area contributed by atoms with Crippen molar-refractivity contribution in [3.8, 4) is 0 Å². The maximum Gasteiger partial charge on any atom is 0.305 e. The molecule has 0 fully saturated rings. The number of carbonyl (C=O) groups is 3. The summed E-state index contributed by atoms with van der Waals surface area (Å²) < 4.78 is 4.65. The predicted molar refractivity (Wildman–Crippen MR) is 113 cm³/mol. The van der Waals surface area contributed by atoms with Gasteiger partial charge in [0.15, 0.2) is 0 Å². The second kappa shape index (κ2) is 9.66. The fraction of sp³-hybridized carbons (Fsp3) is 0.136. The van der Waals surface area contributed by atoms with Crippen molar-refractivity contribution in [1.29, 1.82) is 0 Å². The Kier molecular flexibility index (Phi) is 6.76. The molecular formula is C22H20N2O4S. The third-order valence-corrected chi connectivity index (χ3v) is 5.03. The molecule has 3 rings (SSSR count). The lowest BCUT2D eigenvalue weighted by Crippen LogP contribution is -2.14. The Morgan fingerprint density at radius 1 is 0.897 bits per heavy atom. The van der Waals surface area contributed by atoms with Crippen molar-refractivity contribution in [3.05, 3.63) is 82.0 Å². The molecule has 1 aromatic heterocycles. The van der Waals surface area contributed by atoms with Crippen molar-refractivity contribution in [2.24, 2.45) is 0 Å². The minimum atomic E-state index is -0.289. The maximum absolute atomic E-state index is 12.6. The summed E-state index contributed by atoms with van der Waals surface area (Å²) in [6, 6.07) is 17.6. The number of carbonyl (C=O) groups excluding carboxylic acids is 3. The zero-order chi connectivity index (χ0) is 20.6. The quantitative estimate of drug-likeness (QED) is 0.569. The SMILES string of the molecule is COC(=O)CCc1cccc(NC(=O)c2cccc(NC(=O)c3cccs3)c2)c1. The van der Waals surface area contributed by atoms with Crippen molar-refractivity contribution in [2.45, 2.75) is 12.8 Å². The predicted octanol–water partition coefficient (Wildman–Crippen LogP) is 4.36. The van der Waals surface area contributed by atoms with Gasteiger partial charge in [0.1, 0.15) is 0 Å². The van der Waals surface area contributed by atoms with Crippen LogP contribution in [-0.2, 0) is 16.0 Å². The summed E-state index contributed by atoms with van der Waals surface area (Å²) in [7, 11) is 1.36. The summed E-state index contributed by atoms with van der Waals surface area (Å²) in [5.41, 5.74) is 2.52. The van der Waals surface area contributed by atoms with Crippen LogP contribution in [0.5, 0.6) is 0 Å². The van der Waals surface area contributed by atoms with Crippen molar-refractivity contribution in [2.75, 3.05) is 17.7 Å². The highest BCUT2D eigenvalue weighted by molar-refractivity contribution is 7.12. The molecule has 6 nitrogen and oxygen atoms in total. The molecule has 7 heteroatoms. The number of benzene rings is 2. The Bertz CT molecular complexity index is 1020. The topological polar surface area (TPSA) is 84.5 Å². The first kappa shape index (κ1) is 20.3. The van der Waals surface area contributed by atoms with Crippen molar-refractivity contribution in [1.82, 2.24) is 0 Å². The Hall–Kier alpha value is -3.45. The fourth-order valence-electron chi connectivity index (χ4n) is 2.69. The van der Waals surface area contributed by atoms with Gasteiger partial charge in [0.25, 0.3) is 11.8 Å². The van der Waals surface area contributed by atoms with E-state index in [9.17, 15) is 14.4 Å². The van der Waals surface area contributed by atoms with E-state index in [0.29, 0.717) is 28.2 Å².